The molecule has 1 atom stereocenters. The summed E-state index contributed by atoms with van der Waals surface area (Å²) in [6.07, 6.45) is 2.79. The Balaban J connectivity index is 1.71. The normalized spacial score (nSPS) is 16.8. The van der Waals surface area contributed by atoms with Crippen molar-refractivity contribution in [3.05, 3.63) is 71.3 Å². The van der Waals surface area contributed by atoms with E-state index in [9.17, 15) is 19.1 Å². The first-order chi connectivity index (χ1) is 18.3. The first-order valence-electron chi connectivity index (χ1n) is 11.8. The summed E-state index contributed by atoms with van der Waals surface area (Å²) >= 11 is 6.74. The molecule has 4 heterocycles. The van der Waals surface area contributed by atoms with Gasteiger partial charge in [-0.05, 0) is 30.3 Å². The molecule has 0 spiro atoms. The van der Waals surface area contributed by atoms with E-state index in [-0.39, 0.29) is 77.2 Å². The summed E-state index contributed by atoms with van der Waals surface area (Å²) in [4.78, 5) is 38.4. The van der Waals surface area contributed by atoms with Gasteiger partial charge in [0.15, 0.2) is 5.75 Å². The van der Waals surface area contributed by atoms with Crippen LogP contribution >= 0.6 is 11.6 Å². The maximum atomic E-state index is 15.0. The maximum Gasteiger partial charge on any atom is 0.260 e. The van der Waals surface area contributed by atoms with Crippen LogP contribution in [0.2, 0.25) is 5.02 Å². The zero-order valence-electron chi connectivity index (χ0n) is 20.5. The number of aromatic hydroxyl groups is 1. The summed E-state index contributed by atoms with van der Waals surface area (Å²) in [5, 5.41) is 10.4. The molecule has 1 fully saturated rings. The lowest BCUT2D eigenvalue weighted by atomic mass is 10.00. The molecule has 0 bridgehead atoms. The molecule has 9 nitrogen and oxygen atoms in total. The third-order valence-corrected chi connectivity index (χ3v) is 6.92. The van der Waals surface area contributed by atoms with Gasteiger partial charge in [0.2, 0.25) is 5.91 Å². The van der Waals surface area contributed by atoms with Gasteiger partial charge in [-0.3, -0.25) is 14.6 Å². The van der Waals surface area contributed by atoms with Crippen molar-refractivity contribution >= 4 is 23.4 Å². The van der Waals surface area contributed by atoms with Gasteiger partial charge < -0.3 is 24.4 Å². The average molecular weight is 539 g/mol. The van der Waals surface area contributed by atoms with Crippen molar-refractivity contribution in [2.75, 3.05) is 33.4 Å². The standard InChI is InChI=1S/C27H24ClFN4O5/c1-3-20(35)32-9-10-33-17(12-32)14-38-26-22(27(33)36)24(15-7-8-30-16(11-15)13-37-2)31-25(23(26)28)21-18(29)5-4-6-19(21)34/h3-8,11,17,34H,1,9-10,12-14H2,2H3. The summed E-state index contributed by atoms with van der Waals surface area (Å²) < 4.78 is 26.3. The number of rotatable bonds is 5. The van der Waals surface area contributed by atoms with Crippen molar-refractivity contribution in [2.45, 2.75) is 12.6 Å². The van der Waals surface area contributed by atoms with Crippen molar-refractivity contribution in [1.29, 1.82) is 0 Å². The van der Waals surface area contributed by atoms with E-state index in [0.717, 1.165) is 0 Å². The second kappa shape index (κ2) is 10.4. The highest BCUT2D eigenvalue weighted by atomic mass is 35.5. The molecule has 0 aliphatic carbocycles. The van der Waals surface area contributed by atoms with Gasteiger partial charge >= 0.3 is 0 Å². The predicted molar refractivity (Wildman–Crippen MR) is 137 cm³/mol. The first kappa shape index (κ1) is 25.6. The monoisotopic (exact) mass is 538 g/mol. The van der Waals surface area contributed by atoms with Gasteiger partial charge in [0, 0.05) is 38.5 Å². The van der Waals surface area contributed by atoms with Crippen LogP contribution in [0.5, 0.6) is 11.5 Å². The molecule has 1 N–H and O–H groups in total. The Hall–Kier alpha value is -4.02. The molecular formula is C27H24ClFN4O5. The zero-order valence-corrected chi connectivity index (χ0v) is 21.2. The fourth-order valence-electron chi connectivity index (χ4n) is 4.77. The molecular weight excluding hydrogens is 515 g/mol. The number of hydrogen-bond donors (Lipinski definition) is 1. The molecule has 2 aromatic heterocycles. The number of carbonyl (C=O) groups is 2. The number of carbonyl (C=O) groups excluding carboxylic acids is 2. The smallest absolute Gasteiger partial charge is 0.260 e. The van der Waals surface area contributed by atoms with Crippen molar-refractivity contribution in [1.82, 2.24) is 19.8 Å². The van der Waals surface area contributed by atoms with E-state index < -0.39 is 11.9 Å². The summed E-state index contributed by atoms with van der Waals surface area (Å²) in [5.41, 5.74) is 1.10. The van der Waals surface area contributed by atoms with Crippen LogP contribution in [0.25, 0.3) is 22.5 Å². The second-order valence-electron chi connectivity index (χ2n) is 8.88. The largest absolute Gasteiger partial charge is 0.507 e. The van der Waals surface area contributed by atoms with E-state index in [4.69, 9.17) is 21.1 Å². The highest BCUT2D eigenvalue weighted by Crippen LogP contribution is 2.45. The quantitative estimate of drug-likeness (QED) is 0.494. The van der Waals surface area contributed by atoms with E-state index in [0.29, 0.717) is 17.8 Å². The molecule has 5 rings (SSSR count). The SMILES string of the molecule is C=CC(=O)N1CCN2C(=O)c3c(-c4ccnc(COC)c4)nc(-c4c(O)cccc4F)c(Cl)c3OCC2C1. The number of phenols is 1. The zero-order chi connectivity index (χ0) is 27.0. The topological polar surface area (TPSA) is 105 Å². The van der Waals surface area contributed by atoms with Gasteiger partial charge in [0.05, 0.1) is 29.6 Å². The fourth-order valence-corrected chi connectivity index (χ4v) is 5.05. The molecule has 11 heteroatoms. The molecule has 3 aromatic rings. The molecule has 2 aliphatic heterocycles. The minimum Gasteiger partial charge on any atom is -0.507 e. The minimum absolute atomic E-state index is 0.0282. The highest BCUT2D eigenvalue weighted by molar-refractivity contribution is 6.35. The van der Waals surface area contributed by atoms with Gasteiger partial charge in [-0.25, -0.2) is 9.37 Å². The maximum absolute atomic E-state index is 15.0. The summed E-state index contributed by atoms with van der Waals surface area (Å²) in [6, 6.07) is 6.78. The van der Waals surface area contributed by atoms with E-state index in [1.54, 1.807) is 28.1 Å². The van der Waals surface area contributed by atoms with Crippen LogP contribution in [0.15, 0.2) is 49.2 Å². The minimum atomic E-state index is -0.740. The fraction of sp³-hybridized carbons (Fsp3) is 0.259. The average Bonchev–Trinajstić information content (AvgIpc) is 3.06. The predicted octanol–water partition coefficient (Wildman–Crippen LogP) is 3.69. The third-order valence-electron chi connectivity index (χ3n) is 6.57. The molecule has 2 amide bonds. The number of ether oxygens (including phenoxy) is 2. The van der Waals surface area contributed by atoms with Crippen molar-refractivity contribution in [3.8, 4) is 34.0 Å². The highest BCUT2D eigenvalue weighted by Gasteiger charge is 2.40. The summed E-state index contributed by atoms with van der Waals surface area (Å²) in [5.74, 6) is -1.70. The Morgan fingerprint density at radius 1 is 1.32 bits per heavy atom. The Morgan fingerprint density at radius 3 is 2.87 bits per heavy atom. The van der Waals surface area contributed by atoms with Crippen molar-refractivity contribution in [2.24, 2.45) is 0 Å². The molecule has 0 radical (unpaired) electrons. The molecule has 196 valence electrons. The van der Waals surface area contributed by atoms with Gasteiger partial charge in [-0.1, -0.05) is 24.2 Å². The number of hydrogen-bond acceptors (Lipinski definition) is 7. The van der Waals surface area contributed by atoms with Gasteiger partial charge in [0.1, 0.15) is 34.5 Å². The number of fused-ring (bicyclic) bond motifs is 2. The first-order valence-corrected chi connectivity index (χ1v) is 12.2. The lowest BCUT2D eigenvalue weighted by Gasteiger charge is -2.39. The summed E-state index contributed by atoms with van der Waals surface area (Å²) in [6.45, 7) is 4.64. The molecule has 1 aromatic carbocycles. The van der Waals surface area contributed by atoms with Crippen LogP contribution in [0.1, 0.15) is 16.1 Å². The van der Waals surface area contributed by atoms with Crippen LogP contribution in [-0.2, 0) is 16.1 Å². The number of aromatic nitrogens is 2. The van der Waals surface area contributed by atoms with Crippen molar-refractivity contribution < 1.29 is 28.6 Å². The molecule has 2 aliphatic rings. The molecule has 1 saturated heterocycles. The van der Waals surface area contributed by atoms with E-state index in [2.05, 4.69) is 16.5 Å². The van der Waals surface area contributed by atoms with Crippen LogP contribution in [0, 0.1) is 5.82 Å². The van der Waals surface area contributed by atoms with Gasteiger partial charge in [-0.15, -0.1) is 0 Å². The van der Waals surface area contributed by atoms with Crippen LogP contribution in [-0.4, -0.2) is 76.1 Å². The van der Waals surface area contributed by atoms with Gasteiger partial charge in [0.25, 0.3) is 5.91 Å². The number of halogens is 2. The number of nitrogens with zero attached hydrogens (tertiary/aromatic N) is 4. The van der Waals surface area contributed by atoms with Crippen LogP contribution in [0.3, 0.4) is 0 Å². The van der Waals surface area contributed by atoms with Crippen molar-refractivity contribution in [3.63, 3.8) is 0 Å². The number of phenolic OH excluding ortho intramolecular Hbond substituents is 1. The van der Waals surface area contributed by atoms with E-state index in [1.807, 2.05) is 0 Å². The molecule has 38 heavy (non-hydrogen) atoms. The van der Waals surface area contributed by atoms with E-state index >= 15 is 0 Å². The summed E-state index contributed by atoms with van der Waals surface area (Å²) in [7, 11) is 1.54. The Morgan fingerprint density at radius 2 is 2.13 bits per heavy atom. The lowest BCUT2D eigenvalue weighted by molar-refractivity contribution is -0.128. The number of benzene rings is 1. The Kier molecular flexibility index (Phi) is 7.00. The number of amides is 2. The molecule has 1 unspecified atom stereocenters. The second-order valence-corrected chi connectivity index (χ2v) is 9.26. The Bertz CT molecular complexity index is 1430. The van der Waals surface area contributed by atoms with Crippen LogP contribution < -0.4 is 4.74 Å². The third kappa shape index (κ3) is 4.46. The van der Waals surface area contributed by atoms with Gasteiger partial charge in [-0.2, -0.15) is 0 Å². The number of piperazine rings is 1. The number of methoxy groups -OCH3 is 1. The molecule has 0 saturated carbocycles. The Labute approximate surface area is 223 Å². The number of pyridine rings is 2. The van der Waals surface area contributed by atoms with Crippen LogP contribution in [0.4, 0.5) is 4.39 Å². The lowest BCUT2D eigenvalue weighted by Crippen LogP contribution is -2.57. The van der Waals surface area contributed by atoms with E-state index in [1.165, 1.54) is 31.4 Å².